The summed E-state index contributed by atoms with van der Waals surface area (Å²) in [6.45, 7) is 2.81. The van der Waals surface area contributed by atoms with Crippen molar-refractivity contribution in [2.75, 3.05) is 13.6 Å². The molecule has 2 aromatic heterocycles. The van der Waals surface area contributed by atoms with E-state index in [2.05, 4.69) is 10.3 Å². The Kier molecular flexibility index (Phi) is 3.46. The van der Waals surface area contributed by atoms with Crippen LogP contribution >= 0.6 is 22.9 Å². The third-order valence-electron chi connectivity index (χ3n) is 3.30. The smallest absolute Gasteiger partial charge is 0.296 e. The van der Waals surface area contributed by atoms with Gasteiger partial charge in [0.15, 0.2) is 0 Å². The van der Waals surface area contributed by atoms with E-state index in [1.807, 2.05) is 17.6 Å². The number of guanidine groups is 1. The van der Waals surface area contributed by atoms with Gasteiger partial charge in [-0.1, -0.05) is 11.6 Å². The molecule has 2 aromatic rings. The van der Waals surface area contributed by atoms with Gasteiger partial charge >= 0.3 is 0 Å². The van der Waals surface area contributed by atoms with Crippen molar-refractivity contribution >= 4 is 50.9 Å². The molecule has 1 fully saturated rings. The van der Waals surface area contributed by atoms with Crippen LogP contribution in [0.15, 0.2) is 17.1 Å². The quantitative estimate of drug-likeness (QED) is 0.918. The summed E-state index contributed by atoms with van der Waals surface area (Å²) in [6, 6.07) is 3.64. The van der Waals surface area contributed by atoms with Crippen molar-refractivity contribution in [2.45, 2.75) is 13.5 Å². The average molecular weight is 325 g/mol. The molecule has 0 spiro atoms. The number of nitrogens with one attached hydrogen (secondary N) is 1. The third kappa shape index (κ3) is 2.43. The monoisotopic (exact) mass is 324 g/mol. The summed E-state index contributed by atoms with van der Waals surface area (Å²) in [5.41, 5.74) is 1.43. The fraction of sp³-hybridized carbons (Fsp3) is 0.308. The molecule has 1 aliphatic heterocycles. The highest BCUT2D eigenvalue weighted by Gasteiger charge is 2.24. The molecular formula is C13H13ClN4O2S. The number of nitrogens with zero attached hydrogens (tertiary/aromatic N) is 3. The van der Waals surface area contributed by atoms with E-state index in [9.17, 15) is 9.59 Å². The number of rotatable bonds is 2. The third-order valence-corrected chi connectivity index (χ3v) is 4.50. The molecule has 2 amide bonds. The Bertz CT molecular complexity index is 777. The summed E-state index contributed by atoms with van der Waals surface area (Å²) in [5, 5.41) is 2.57. The first-order chi connectivity index (χ1) is 9.99. The summed E-state index contributed by atoms with van der Waals surface area (Å²) in [7, 11) is 1.71. The van der Waals surface area contributed by atoms with Crippen LogP contribution < -0.4 is 5.32 Å². The van der Waals surface area contributed by atoms with Crippen LogP contribution in [0.2, 0.25) is 4.34 Å². The molecule has 0 aromatic carbocycles. The molecule has 6 nitrogen and oxygen atoms in total. The molecule has 1 saturated heterocycles. The first-order valence-corrected chi connectivity index (χ1v) is 7.61. The zero-order valence-corrected chi connectivity index (χ0v) is 13.1. The lowest BCUT2D eigenvalue weighted by atomic mass is 10.4. The number of likely N-dealkylation sites (N-methyl/N-ethyl adjacent to an activating group) is 1. The fourth-order valence-electron chi connectivity index (χ4n) is 2.35. The topological polar surface area (TPSA) is 66.7 Å². The lowest BCUT2D eigenvalue weighted by Crippen LogP contribution is -2.28. The van der Waals surface area contributed by atoms with Gasteiger partial charge in [0.25, 0.3) is 5.91 Å². The fourth-order valence-corrected chi connectivity index (χ4v) is 3.52. The summed E-state index contributed by atoms with van der Waals surface area (Å²) < 4.78 is 3.52. The van der Waals surface area contributed by atoms with Gasteiger partial charge in [-0.25, -0.2) is 0 Å². The van der Waals surface area contributed by atoms with Gasteiger partial charge in [0.05, 0.1) is 21.1 Å². The molecule has 0 aliphatic carbocycles. The molecule has 0 unspecified atom stereocenters. The molecule has 3 rings (SSSR count). The van der Waals surface area contributed by atoms with Crippen LogP contribution in [-0.4, -0.2) is 40.8 Å². The van der Waals surface area contributed by atoms with Gasteiger partial charge in [-0.3, -0.25) is 14.9 Å². The highest BCUT2D eigenvalue weighted by atomic mass is 35.5. The Labute approximate surface area is 130 Å². The molecule has 0 atom stereocenters. The largest absolute Gasteiger partial charge is 0.336 e. The van der Waals surface area contributed by atoms with E-state index in [1.165, 1.54) is 11.3 Å². The summed E-state index contributed by atoms with van der Waals surface area (Å²) in [5.74, 6) is -0.252. The SMILES string of the molecule is CCn1c(C(=O)N=C2NC(=O)CN2C)cc2sc(Cl)cc21. The second-order valence-electron chi connectivity index (χ2n) is 4.72. The van der Waals surface area contributed by atoms with Gasteiger partial charge in [-0.05, 0) is 19.1 Å². The molecule has 8 heteroatoms. The second kappa shape index (κ2) is 5.16. The lowest BCUT2D eigenvalue weighted by molar-refractivity contribution is -0.118. The van der Waals surface area contributed by atoms with E-state index in [0.29, 0.717) is 16.6 Å². The number of carbonyl (C=O) groups excluding carboxylic acids is 2. The maximum absolute atomic E-state index is 12.4. The van der Waals surface area contributed by atoms with Crippen LogP contribution in [0.3, 0.4) is 0 Å². The van der Waals surface area contributed by atoms with Crippen molar-refractivity contribution in [1.82, 2.24) is 14.8 Å². The molecule has 1 aliphatic rings. The Morgan fingerprint density at radius 3 is 2.90 bits per heavy atom. The van der Waals surface area contributed by atoms with Gasteiger partial charge in [-0.15, -0.1) is 11.3 Å². The molecule has 0 bridgehead atoms. The average Bonchev–Trinajstić information content (AvgIpc) is 3.02. The van der Waals surface area contributed by atoms with Crippen molar-refractivity contribution in [3.05, 3.63) is 22.2 Å². The van der Waals surface area contributed by atoms with Gasteiger partial charge in [-0.2, -0.15) is 4.99 Å². The minimum atomic E-state index is -0.375. The minimum absolute atomic E-state index is 0.164. The molecular weight excluding hydrogens is 312 g/mol. The van der Waals surface area contributed by atoms with Crippen LogP contribution in [0.25, 0.3) is 10.2 Å². The predicted molar refractivity (Wildman–Crippen MR) is 83.0 cm³/mol. The van der Waals surface area contributed by atoms with Gasteiger partial charge in [0, 0.05) is 13.6 Å². The van der Waals surface area contributed by atoms with Crippen LogP contribution in [0.5, 0.6) is 0 Å². The molecule has 110 valence electrons. The number of fused-ring (bicyclic) bond motifs is 1. The van der Waals surface area contributed by atoms with Gasteiger partial charge < -0.3 is 9.47 Å². The Morgan fingerprint density at radius 1 is 1.52 bits per heavy atom. The van der Waals surface area contributed by atoms with Crippen LogP contribution in [0.4, 0.5) is 0 Å². The van der Waals surface area contributed by atoms with E-state index >= 15 is 0 Å². The highest BCUT2D eigenvalue weighted by molar-refractivity contribution is 7.22. The van der Waals surface area contributed by atoms with Crippen molar-refractivity contribution in [3.63, 3.8) is 0 Å². The second-order valence-corrected chi connectivity index (χ2v) is 6.43. The normalized spacial score (nSPS) is 17.0. The van der Waals surface area contributed by atoms with Gasteiger partial charge in [0.2, 0.25) is 11.9 Å². The molecule has 1 N–H and O–H groups in total. The lowest BCUT2D eigenvalue weighted by Gasteiger charge is -2.08. The number of thiophene rings is 1. The zero-order chi connectivity index (χ0) is 15.1. The standard InChI is InChI=1S/C13H13ClN4O2S/c1-3-18-7-5-10(14)21-9(7)4-8(18)12(20)16-13-15-11(19)6-17(13)2/h4-5H,3,6H2,1-2H3,(H,15,16,19,20). The maximum Gasteiger partial charge on any atom is 0.296 e. The van der Waals surface area contributed by atoms with Crippen molar-refractivity contribution in [3.8, 4) is 0 Å². The molecule has 0 radical (unpaired) electrons. The van der Waals surface area contributed by atoms with Crippen LogP contribution in [-0.2, 0) is 11.3 Å². The van der Waals surface area contributed by atoms with Crippen molar-refractivity contribution in [1.29, 1.82) is 0 Å². The van der Waals surface area contributed by atoms with Crippen molar-refractivity contribution in [2.24, 2.45) is 4.99 Å². The van der Waals surface area contributed by atoms with Gasteiger partial charge in [0.1, 0.15) is 5.69 Å². The van der Waals surface area contributed by atoms with Crippen molar-refractivity contribution < 1.29 is 9.59 Å². The molecule has 0 saturated carbocycles. The van der Waals surface area contributed by atoms with E-state index in [0.717, 1.165) is 10.2 Å². The first kappa shape index (κ1) is 14.1. The zero-order valence-electron chi connectivity index (χ0n) is 11.5. The van der Waals surface area contributed by atoms with E-state index in [1.54, 1.807) is 18.0 Å². The predicted octanol–water partition coefficient (Wildman–Crippen LogP) is 1.93. The molecule has 3 heterocycles. The number of hydrogen-bond acceptors (Lipinski definition) is 3. The number of halogens is 1. The van der Waals surface area contributed by atoms with E-state index < -0.39 is 0 Å². The number of hydrogen-bond donors (Lipinski definition) is 1. The summed E-state index contributed by atoms with van der Waals surface area (Å²) >= 11 is 7.42. The van der Waals surface area contributed by atoms with E-state index in [-0.39, 0.29) is 24.3 Å². The Balaban J connectivity index is 2.00. The number of aromatic nitrogens is 1. The maximum atomic E-state index is 12.4. The Morgan fingerprint density at radius 2 is 2.29 bits per heavy atom. The van der Waals surface area contributed by atoms with Crippen LogP contribution in [0, 0.1) is 0 Å². The minimum Gasteiger partial charge on any atom is -0.336 e. The summed E-state index contributed by atoms with van der Waals surface area (Å²) in [6.07, 6.45) is 0. The number of amides is 2. The Hall–Kier alpha value is -1.86. The molecule has 21 heavy (non-hydrogen) atoms. The highest BCUT2D eigenvalue weighted by Crippen LogP contribution is 2.32. The number of aryl methyl sites for hydroxylation is 1. The van der Waals surface area contributed by atoms with Crippen LogP contribution in [0.1, 0.15) is 17.4 Å². The first-order valence-electron chi connectivity index (χ1n) is 6.42. The summed E-state index contributed by atoms with van der Waals surface area (Å²) in [4.78, 5) is 29.3. The number of carbonyl (C=O) groups is 2. The number of aliphatic imine (C=N–C) groups is 1. The van der Waals surface area contributed by atoms with E-state index in [4.69, 9.17) is 11.6 Å².